The van der Waals surface area contributed by atoms with Crippen molar-refractivity contribution in [1.82, 2.24) is 0 Å². The van der Waals surface area contributed by atoms with Crippen molar-refractivity contribution in [2.24, 2.45) is 0 Å². The van der Waals surface area contributed by atoms with Crippen LogP contribution in [0.5, 0.6) is 0 Å². The summed E-state index contributed by atoms with van der Waals surface area (Å²) in [4.78, 5) is 0. The third kappa shape index (κ3) is 1.19. The van der Waals surface area contributed by atoms with E-state index in [1.807, 2.05) is 0 Å². The summed E-state index contributed by atoms with van der Waals surface area (Å²) >= 11 is 0. The molecule has 0 amide bonds. The molecule has 2 unspecified atom stereocenters. The van der Waals surface area contributed by atoms with Crippen molar-refractivity contribution < 1.29 is 9.13 Å². The molecule has 0 aromatic carbocycles. The third-order valence-corrected chi connectivity index (χ3v) is 1.51. The summed E-state index contributed by atoms with van der Waals surface area (Å²) in [6, 6.07) is 0. The molecular formula is C6H11FO. The molecule has 1 aliphatic rings. The van der Waals surface area contributed by atoms with Crippen LogP contribution in [0.2, 0.25) is 0 Å². The van der Waals surface area contributed by atoms with E-state index in [4.69, 9.17) is 4.74 Å². The first-order valence-electron chi connectivity index (χ1n) is 3.06. The first-order valence-corrected chi connectivity index (χ1v) is 3.06. The van der Waals surface area contributed by atoms with Gasteiger partial charge in [0.05, 0.1) is 6.10 Å². The van der Waals surface area contributed by atoms with E-state index in [0.717, 1.165) is 13.0 Å². The van der Waals surface area contributed by atoms with Gasteiger partial charge >= 0.3 is 0 Å². The molecule has 0 aliphatic carbocycles. The fourth-order valence-corrected chi connectivity index (χ4v) is 0.887. The molecule has 0 bridgehead atoms. The molecule has 48 valence electrons. The zero-order chi connectivity index (χ0) is 5.98. The molecule has 1 fully saturated rings. The summed E-state index contributed by atoms with van der Waals surface area (Å²) in [5.74, 6) is 0. The van der Waals surface area contributed by atoms with E-state index in [1.165, 1.54) is 0 Å². The van der Waals surface area contributed by atoms with E-state index >= 15 is 0 Å². The van der Waals surface area contributed by atoms with Crippen molar-refractivity contribution >= 4 is 0 Å². The Morgan fingerprint density at radius 1 is 1.62 bits per heavy atom. The molecule has 0 radical (unpaired) electrons. The fourth-order valence-electron chi connectivity index (χ4n) is 0.887. The zero-order valence-corrected chi connectivity index (χ0v) is 5.06. The first kappa shape index (κ1) is 6.02. The number of halogens is 1. The Hall–Kier alpha value is -0.110. The van der Waals surface area contributed by atoms with Gasteiger partial charge < -0.3 is 4.74 Å². The molecule has 2 atom stereocenters. The van der Waals surface area contributed by atoms with Gasteiger partial charge in [-0.15, -0.1) is 0 Å². The standard InChI is InChI=1S/C6H11FO/c1-5-6(7)3-2-4-8-5/h5-6H,2-4H2,1H3. The highest BCUT2D eigenvalue weighted by Gasteiger charge is 2.20. The molecule has 0 saturated carbocycles. The van der Waals surface area contributed by atoms with E-state index in [0.29, 0.717) is 6.42 Å². The lowest BCUT2D eigenvalue weighted by molar-refractivity contribution is -0.0281. The summed E-state index contributed by atoms with van der Waals surface area (Å²) in [5, 5.41) is 0. The molecule has 0 N–H and O–H groups in total. The second-order valence-corrected chi connectivity index (χ2v) is 2.23. The highest BCUT2D eigenvalue weighted by molar-refractivity contribution is 4.68. The van der Waals surface area contributed by atoms with E-state index < -0.39 is 6.17 Å². The Morgan fingerprint density at radius 3 is 2.75 bits per heavy atom. The van der Waals surface area contributed by atoms with E-state index in [1.54, 1.807) is 6.92 Å². The van der Waals surface area contributed by atoms with E-state index in [2.05, 4.69) is 0 Å². The normalized spacial score (nSPS) is 39.8. The number of hydrogen-bond acceptors (Lipinski definition) is 1. The monoisotopic (exact) mass is 118 g/mol. The van der Waals surface area contributed by atoms with Gasteiger partial charge in [-0.25, -0.2) is 4.39 Å². The van der Waals surface area contributed by atoms with Crippen molar-refractivity contribution in [3.05, 3.63) is 0 Å². The second-order valence-electron chi connectivity index (χ2n) is 2.23. The molecule has 0 aromatic heterocycles. The molecule has 8 heavy (non-hydrogen) atoms. The highest BCUT2D eigenvalue weighted by atomic mass is 19.1. The Bertz CT molecular complexity index is 64.9. The molecule has 0 aromatic rings. The average Bonchev–Trinajstić information content (AvgIpc) is 1.77. The SMILES string of the molecule is CC1OCCCC1F. The largest absolute Gasteiger partial charge is 0.375 e. The molecule has 1 rings (SSSR count). The van der Waals surface area contributed by atoms with Crippen LogP contribution >= 0.6 is 0 Å². The predicted octanol–water partition coefficient (Wildman–Crippen LogP) is 1.52. The Balaban J connectivity index is 2.28. The van der Waals surface area contributed by atoms with Crippen LogP contribution in [0.15, 0.2) is 0 Å². The Kier molecular flexibility index (Phi) is 1.84. The van der Waals surface area contributed by atoms with Crippen LogP contribution in [0.1, 0.15) is 19.8 Å². The van der Waals surface area contributed by atoms with Crippen molar-refractivity contribution in [2.75, 3.05) is 6.61 Å². The van der Waals surface area contributed by atoms with Crippen LogP contribution in [-0.4, -0.2) is 18.9 Å². The summed E-state index contributed by atoms with van der Waals surface area (Å²) in [6.07, 6.45) is 0.680. The summed E-state index contributed by atoms with van der Waals surface area (Å²) in [7, 11) is 0. The molecule has 0 spiro atoms. The van der Waals surface area contributed by atoms with Crippen LogP contribution in [0.3, 0.4) is 0 Å². The summed E-state index contributed by atoms with van der Waals surface area (Å²) in [5.41, 5.74) is 0. The van der Waals surface area contributed by atoms with Gasteiger partial charge in [0.15, 0.2) is 0 Å². The van der Waals surface area contributed by atoms with E-state index in [-0.39, 0.29) is 6.10 Å². The quantitative estimate of drug-likeness (QED) is 0.468. The van der Waals surface area contributed by atoms with Gasteiger partial charge in [-0.2, -0.15) is 0 Å². The zero-order valence-electron chi connectivity index (χ0n) is 5.06. The maximum atomic E-state index is 12.5. The number of hydrogen-bond donors (Lipinski definition) is 0. The van der Waals surface area contributed by atoms with Crippen molar-refractivity contribution in [2.45, 2.75) is 32.0 Å². The average molecular weight is 118 g/mol. The topological polar surface area (TPSA) is 9.23 Å². The smallest absolute Gasteiger partial charge is 0.126 e. The Morgan fingerprint density at radius 2 is 2.38 bits per heavy atom. The molecular weight excluding hydrogens is 107 g/mol. The van der Waals surface area contributed by atoms with Gasteiger partial charge in [-0.05, 0) is 19.8 Å². The van der Waals surface area contributed by atoms with E-state index in [9.17, 15) is 4.39 Å². The molecule has 1 aliphatic heterocycles. The fraction of sp³-hybridized carbons (Fsp3) is 1.00. The molecule has 2 heteroatoms. The second kappa shape index (κ2) is 2.44. The lowest BCUT2D eigenvalue weighted by atomic mass is 10.1. The van der Waals surface area contributed by atoms with Gasteiger partial charge in [0.2, 0.25) is 0 Å². The predicted molar refractivity (Wildman–Crippen MR) is 29.5 cm³/mol. The summed E-state index contributed by atoms with van der Waals surface area (Å²) < 4.78 is 17.5. The minimum atomic E-state index is -0.719. The summed E-state index contributed by atoms with van der Waals surface area (Å²) in [6.45, 7) is 2.52. The van der Waals surface area contributed by atoms with Gasteiger partial charge in [0.25, 0.3) is 0 Å². The lowest BCUT2D eigenvalue weighted by Crippen LogP contribution is -2.27. The van der Waals surface area contributed by atoms with Crippen molar-refractivity contribution in [1.29, 1.82) is 0 Å². The maximum absolute atomic E-state index is 12.5. The van der Waals surface area contributed by atoms with Crippen LogP contribution in [0.4, 0.5) is 4.39 Å². The van der Waals surface area contributed by atoms with Gasteiger partial charge in [-0.3, -0.25) is 0 Å². The first-order chi connectivity index (χ1) is 3.80. The molecule has 1 saturated heterocycles. The van der Waals surface area contributed by atoms with Gasteiger partial charge in [-0.1, -0.05) is 0 Å². The van der Waals surface area contributed by atoms with Crippen molar-refractivity contribution in [3.8, 4) is 0 Å². The number of rotatable bonds is 0. The Labute approximate surface area is 48.8 Å². The maximum Gasteiger partial charge on any atom is 0.126 e. The van der Waals surface area contributed by atoms with Crippen LogP contribution in [0, 0.1) is 0 Å². The highest BCUT2D eigenvalue weighted by Crippen LogP contribution is 2.15. The number of alkyl halides is 1. The van der Waals surface area contributed by atoms with Crippen LogP contribution in [0.25, 0.3) is 0 Å². The minimum absolute atomic E-state index is 0.163. The van der Waals surface area contributed by atoms with Gasteiger partial charge in [0, 0.05) is 6.61 Å². The molecule has 1 heterocycles. The third-order valence-electron chi connectivity index (χ3n) is 1.51. The van der Waals surface area contributed by atoms with Crippen molar-refractivity contribution in [3.63, 3.8) is 0 Å². The van der Waals surface area contributed by atoms with Crippen LogP contribution < -0.4 is 0 Å². The minimum Gasteiger partial charge on any atom is -0.375 e. The molecule has 1 nitrogen and oxygen atoms in total. The van der Waals surface area contributed by atoms with Gasteiger partial charge in [0.1, 0.15) is 6.17 Å². The van der Waals surface area contributed by atoms with Crippen LogP contribution in [-0.2, 0) is 4.74 Å². The number of ether oxygens (including phenoxy) is 1. The lowest BCUT2D eigenvalue weighted by Gasteiger charge is -2.22.